The van der Waals surface area contributed by atoms with Crippen LogP contribution < -0.4 is 0 Å². The van der Waals surface area contributed by atoms with Gasteiger partial charge in [-0.3, -0.25) is 9.59 Å². The molecule has 0 aromatic carbocycles. The van der Waals surface area contributed by atoms with Crippen molar-refractivity contribution in [2.24, 2.45) is 0 Å². The normalized spacial score (nSPS) is 22.5. The Balaban J connectivity index is 2.38. The van der Waals surface area contributed by atoms with Gasteiger partial charge in [0.1, 0.15) is 31.0 Å². The fourth-order valence-corrected chi connectivity index (χ4v) is 5.36. The lowest BCUT2D eigenvalue weighted by molar-refractivity contribution is -0.305. The molecule has 0 radical (unpaired) electrons. The second-order valence-corrected chi connectivity index (χ2v) is 12.3. The number of hydrogen-bond donors (Lipinski definition) is 4. The highest BCUT2D eigenvalue weighted by molar-refractivity contribution is 5.70. The highest BCUT2D eigenvalue weighted by Crippen LogP contribution is 2.22. The van der Waals surface area contributed by atoms with Crippen LogP contribution in [0.4, 0.5) is 0 Å². The molecule has 1 aliphatic heterocycles. The molecular weight excluding hydrogens is 568 g/mol. The first-order chi connectivity index (χ1) is 21.3. The van der Waals surface area contributed by atoms with E-state index in [2.05, 4.69) is 13.8 Å². The van der Waals surface area contributed by atoms with E-state index >= 15 is 0 Å². The number of aliphatic hydroxyl groups is 4. The lowest BCUT2D eigenvalue weighted by Crippen LogP contribution is -2.59. The minimum atomic E-state index is -1.59. The second kappa shape index (κ2) is 26.9. The van der Waals surface area contributed by atoms with Crippen LogP contribution >= 0.6 is 0 Å². The maximum atomic E-state index is 12.5. The van der Waals surface area contributed by atoms with E-state index in [1.165, 1.54) is 70.6 Å². The van der Waals surface area contributed by atoms with E-state index in [4.69, 9.17) is 18.9 Å². The Morgan fingerprint density at radius 1 is 0.614 bits per heavy atom. The van der Waals surface area contributed by atoms with Crippen molar-refractivity contribution in [3.05, 3.63) is 0 Å². The first-order valence-electron chi connectivity index (χ1n) is 17.6. The summed E-state index contributed by atoms with van der Waals surface area (Å²) in [6.45, 7) is 3.33. The van der Waals surface area contributed by atoms with Crippen LogP contribution in [0.2, 0.25) is 0 Å². The van der Waals surface area contributed by atoms with Crippen molar-refractivity contribution in [3.8, 4) is 0 Å². The fraction of sp³-hybridized carbons (Fsp3) is 0.941. The highest BCUT2D eigenvalue weighted by Gasteiger charge is 2.44. The molecule has 0 aliphatic carbocycles. The second-order valence-electron chi connectivity index (χ2n) is 12.3. The molecular formula is C34H64O10. The molecule has 6 atom stereocenters. The molecule has 10 heteroatoms. The van der Waals surface area contributed by atoms with Crippen molar-refractivity contribution in [2.75, 3.05) is 19.8 Å². The molecule has 0 bridgehead atoms. The topological polar surface area (TPSA) is 152 Å². The van der Waals surface area contributed by atoms with E-state index in [1.54, 1.807) is 0 Å². The number of aliphatic hydroxyl groups excluding tert-OH is 4. The molecule has 44 heavy (non-hydrogen) atoms. The molecule has 0 amide bonds. The van der Waals surface area contributed by atoms with Gasteiger partial charge in [0.25, 0.3) is 0 Å². The van der Waals surface area contributed by atoms with Crippen molar-refractivity contribution in [2.45, 2.75) is 185 Å². The summed E-state index contributed by atoms with van der Waals surface area (Å²) in [5.41, 5.74) is 0. The SMILES string of the molecule is CCCCCCCCCCCCCCCC(=O)OC[C@H](CO[C@@H]1O[C@H](CO)[C@H](O)[C@H](O)[C@H]1O)OC(=O)CCCCCCCC. The monoisotopic (exact) mass is 632 g/mol. The van der Waals surface area contributed by atoms with Gasteiger partial charge in [-0.15, -0.1) is 0 Å². The Hall–Kier alpha value is -1.30. The zero-order chi connectivity index (χ0) is 32.4. The van der Waals surface area contributed by atoms with E-state index < -0.39 is 49.4 Å². The summed E-state index contributed by atoms with van der Waals surface area (Å²) in [6.07, 6.45) is 14.4. The van der Waals surface area contributed by atoms with Gasteiger partial charge in [0.2, 0.25) is 0 Å². The fourth-order valence-electron chi connectivity index (χ4n) is 5.36. The van der Waals surface area contributed by atoms with Crippen LogP contribution in [0.5, 0.6) is 0 Å². The predicted molar refractivity (Wildman–Crippen MR) is 169 cm³/mol. The molecule has 1 aliphatic rings. The molecule has 0 aromatic rings. The summed E-state index contributed by atoms with van der Waals surface area (Å²) in [5, 5.41) is 39.7. The molecule has 0 aromatic heterocycles. The van der Waals surface area contributed by atoms with Gasteiger partial charge in [-0.05, 0) is 12.8 Å². The maximum Gasteiger partial charge on any atom is 0.306 e. The van der Waals surface area contributed by atoms with E-state index in [9.17, 15) is 30.0 Å². The van der Waals surface area contributed by atoms with Gasteiger partial charge < -0.3 is 39.4 Å². The van der Waals surface area contributed by atoms with Crippen molar-refractivity contribution >= 4 is 11.9 Å². The molecule has 1 saturated heterocycles. The Morgan fingerprint density at radius 3 is 1.55 bits per heavy atom. The zero-order valence-electron chi connectivity index (χ0n) is 27.7. The van der Waals surface area contributed by atoms with E-state index in [1.807, 2.05) is 0 Å². The summed E-state index contributed by atoms with van der Waals surface area (Å²) in [5.74, 6) is -0.812. The number of esters is 2. The van der Waals surface area contributed by atoms with Crippen molar-refractivity contribution in [1.29, 1.82) is 0 Å². The lowest BCUT2D eigenvalue weighted by atomic mass is 9.99. The third kappa shape index (κ3) is 19.3. The average Bonchev–Trinajstić information content (AvgIpc) is 3.02. The summed E-state index contributed by atoms with van der Waals surface area (Å²) in [7, 11) is 0. The molecule has 1 fully saturated rings. The van der Waals surface area contributed by atoms with E-state index in [-0.39, 0.29) is 32.0 Å². The van der Waals surface area contributed by atoms with Crippen LogP contribution in [0.3, 0.4) is 0 Å². The maximum absolute atomic E-state index is 12.5. The lowest BCUT2D eigenvalue weighted by Gasteiger charge is -2.39. The molecule has 10 nitrogen and oxygen atoms in total. The summed E-state index contributed by atoms with van der Waals surface area (Å²) < 4.78 is 21.9. The van der Waals surface area contributed by atoms with Crippen LogP contribution in [0.15, 0.2) is 0 Å². The van der Waals surface area contributed by atoms with Gasteiger partial charge >= 0.3 is 11.9 Å². The standard InChI is InChI=1S/C34H64O10/c1-3-5-7-9-11-12-13-14-15-16-17-19-20-22-29(36)41-25-27(43-30(37)23-21-18-10-8-6-4-2)26-42-34-33(40)32(39)31(38)28(24-35)44-34/h27-28,31-35,38-40H,3-26H2,1-2H3/t27-,28-,31+,32+,33-,34-/m1/s1. The average molecular weight is 633 g/mol. The first kappa shape index (κ1) is 40.7. The molecule has 0 saturated carbocycles. The Kier molecular flexibility index (Phi) is 24.9. The van der Waals surface area contributed by atoms with Crippen molar-refractivity contribution in [3.63, 3.8) is 0 Å². The number of rotatable bonds is 28. The molecule has 1 heterocycles. The molecule has 4 N–H and O–H groups in total. The van der Waals surface area contributed by atoms with Crippen molar-refractivity contribution in [1.82, 2.24) is 0 Å². The van der Waals surface area contributed by atoms with Crippen molar-refractivity contribution < 1.29 is 49.0 Å². The minimum Gasteiger partial charge on any atom is -0.462 e. The summed E-state index contributed by atoms with van der Waals surface area (Å²) in [6, 6.07) is 0. The van der Waals surface area contributed by atoms with Gasteiger partial charge in [0, 0.05) is 12.8 Å². The third-order valence-corrected chi connectivity index (χ3v) is 8.24. The van der Waals surface area contributed by atoms with Gasteiger partial charge in [-0.2, -0.15) is 0 Å². The van der Waals surface area contributed by atoms with Gasteiger partial charge in [0.15, 0.2) is 12.4 Å². The Bertz CT molecular complexity index is 704. The molecule has 0 spiro atoms. The quantitative estimate of drug-likeness (QED) is 0.0644. The third-order valence-electron chi connectivity index (χ3n) is 8.24. The molecule has 260 valence electrons. The summed E-state index contributed by atoms with van der Waals surface area (Å²) in [4.78, 5) is 24.9. The van der Waals surface area contributed by atoms with Crippen LogP contribution in [0, 0.1) is 0 Å². The molecule has 0 unspecified atom stereocenters. The van der Waals surface area contributed by atoms with Crippen LogP contribution in [-0.2, 0) is 28.5 Å². The smallest absolute Gasteiger partial charge is 0.306 e. The van der Waals surface area contributed by atoms with Gasteiger partial charge in [0.05, 0.1) is 13.2 Å². The van der Waals surface area contributed by atoms with Crippen LogP contribution in [0.1, 0.15) is 149 Å². The highest BCUT2D eigenvalue weighted by atomic mass is 16.7. The largest absolute Gasteiger partial charge is 0.462 e. The summed E-state index contributed by atoms with van der Waals surface area (Å²) >= 11 is 0. The van der Waals surface area contributed by atoms with Gasteiger partial charge in [-0.25, -0.2) is 0 Å². The number of unbranched alkanes of at least 4 members (excludes halogenated alkanes) is 17. The predicted octanol–water partition coefficient (Wildman–Crippen LogP) is 5.49. The van der Waals surface area contributed by atoms with E-state index in [0.29, 0.717) is 6.42 Å². The number of carbonyl (C=O) groups excluding carboxylic acids is 2. The van der Waals surface area contributed by atoms with Crippen LogP contribution in [-0.4, -0.2) is 89.0 Å². The number of ether oxygens (including phenoxy) is 4. The zero-order valence-corrected chi connectivity index (χ0v) is 27.7. The number of carbonyl (C=O) groups is 2. The first-order valence-corrected chi connectivity index (χ1v) is 17.6. The minimum absolute atomic E-state index is 0.211. The van der Waals surface area contributed by atoms with Gasteiger partial charge in [-0.1, -0.05) is 123 Å². The Labute approximate surface area is 266 Å². The number of hydrogen-bond acceptors (Lipinski definition) is 10. The molecule has 1 rings (SSSR count). The van der Waals surface area contributed by atoms with E-state index in [0.717, 1.165) is 44.9 Å². The Morgan fingerprint density at radius 2 is 1.07 bits per heavy atom. The van der Waals surface area contributed by atoms with Crippen LogP contribution in [0.25, 0.3) is 0 Å².